The largest absolute Gasteiger partial charge is 0.506 e. The van der Waals surface area contributed by atoms with Crippen LogP contribution in [0.15, 0.2) is 72.3 Å². The van der Waals surface area contributed by atoms with Gasteiger partial charge < -0.3 is 19.5 Å². The van der Waals surface area contributed by atoms with Crippen molar-refractivity contribution in [2.75, 3.05) is 37.1 Å². The minimum atomic E-state index is -0.993. The summed E-state index contributed by atoms with van der Waals surface area (Å²) in [6, 6.07) is 16.9. The van der Waals surface area contributed by atoms with Crippen LogP contribution in [0.25, 0.3) is 5.76 Å². The van der Waals surface area contributed by atoms with Gasteiger partial charge in [0.1, 0.15) is 28.6 Å². The predicted octanol–water partition coefficient (Wildman–Crippen LogP) is 5.07. The van der Waals surface area contributed by atoms with Crippen LogP contribution in [0.3, 0.4) is 0 Å². The molecule has 190 valence electrons. The van der Waals surface area contributed by atoms with Crippen molar-refractivity contribution in [3.05, 3.63) is 89.2 Å². The molecule has 2 saturated heterocycles. The minimum absolute atomic E-state index is 0.136. The number of aliphatic hydroxyl groups is 1. The van der Waals surface area contributed by atoms with Crippen molar-refractivity contribution in [1.29, 1.82) is 0 Å². The molecule has 1 atom stereocenters. The molecule has 8 heteroatoms. The number of ether oxygens (including phenoxy) is 2. The zero-order valence-corrected chi connectivity index (χ0v) is 20.6. The van der Waals surface area contributed by atoms with Crippen molar-refractivity contribution in [3.8, 4) is 11.5 Å². The number of hydrogen-bond acceptors (Lipinski definition) is 6. The molecule has 3 aromatic carbocycles. The number of nitrogens with zero attached hydrogens (tertiary/aromatic N) is 2. The fraction of sp³-hybridized carbons (Fsp3) is 0.241. The standard InChI is InChI=1S/C29H27FN2O5/c1-36-22-6-5-7-23(37-2)24(22)27(33)25-26(18-8-10-19(30)11-9-18)32(29(35)28(25)34)21-14-12-20(13-15-21)31-16-3-4-17-31/h5-15,26,33H,3-4,16-17H2,1-2H3/b27-25+. The van der Waals surface area contributed by atoms with Crippen molar-refractivity contribution in [2.24, 2.45) is 0 Å². The van der Waals surface area contributed by atoms with E-state index in [1.165, 1.54) is 43.4 Å². The third-order valence-corrected chi connectivity index (χ3v) is 6.89. The van der Waals surface area contributed by atoms with Gasteiger partial charge in [0.2, 0.25) is 0 Å². The average Bonchev–Trinajstić information content (AvgIpc) is 3.55. The second kappa shape index (κ2) is 9.97. The number of hydrogen-bond donors (Lipinski definition) is 1. The summed E-state index contributed by atoms with van der Waals surface area (Å²) in [7, 11) is 2.87. The van der Waals surface area contributed by atoms with E-state index >= 15 is 0 Å². The number of methoxy groups -OCH3 is 2. The molecule has 0 spiro atoms. The number of carbonyl (C=O) groups excluding carboxylic acids is 2. The number of ketones is 1. The first-order valence-electron chi connectivity index (χ1n) is 12.1. The molecule has 3 aromatic rings. The van der Waals surface area contributed by atoms with Crippen LogP contribution in [0.1, 0.15) is 30.0 Å². The lowest BCUT2D eigenvalue weighted by atomic mass is 9.94. The Labute approximate surface area is 214 Å². The third kappa shape index (κ3) is 4.28. The lowest BCUT2D eigenvalue weighted by Crippen LogP contribution is -2.29. The summed E-state index contributed by atoms with van der Waals surface area (Å²) < 4.78 is 24.7. The van der Waals surface area contributed by atoms with Crippen LogP contribution in [-0.2, 0) is 9.59 Å². The van der Waals surface area contributed by atoms with Crippen molar-refractivity contribution in [2.45, 2.75) is 18.9 Å². The molecule has 37 heavy (non-hydrogen) atoms. The maximum Gasteiger partial charge on any atom is 0.300 e. The first-order chi connectivity index (χ1) is 17.9. The molecule has 0 aliphatic carbocycles. The van der Waals surface area contributed by atoms with Crippen molar-refractivity contribution in [1.82, 2.24) is 0 Å². The number of anilines is 2. The van der Waals surface area contributed by atoms with Gasteiger partial charge >= 0.3 is 0 Å². The molecular weight excluding hydrogens is 475 g/mol. The van der Waals surface area contributed by atoms with Crippen LogP contribution < -0.4 is 19.3 Å². The second-order valence-corrected chi connectivity index (χ2v) is 8.97. The van der Waals surface area contributed by atoms with Gasteiger partial charge in [0.05, 0.1) is 25.8 Å². The molecule has 2 aliphatic rings. The monoisotopic (exact) mass is 502 g/mol. The number of aliphatic hydroxyl groups excluding tert-OH is 1. The highest BCUT2D eigenvalue weighted by Gasteiger charge is 2.47. The highest BCUT2D eigenvalue weighted by Crippen LogP contribution is 2.45. The van der Waals surface area contributed by atoms with E-state index in [4.69, 9.17) is 9.47 Å². The van der Waals surface area contributed by atoms with E-state index in [2.05, 4.69) is 4.90 Å². The van der Waals surface area contributed by atoms with Gasteiger partial charge in [-0.25, -0.2) is 4.39 Å². The average molecular weight is 503 g/mol. The summed E-state index contributed by atoms with van der Waals surface area (Å²) in [5.74, 6) is -1.99. The highest BCUT2D eigenvalue weighted by atomic mass is 19.1. The minimum Gasteiger partial charge on any atom is -0.506 e. The van der Waals surface area contributed by atoms with Crippen LogP contribution in [0.5, 0.6) is 11.5 Å². The van der Waals surface area contributed by atoms with Crippen LogP contribution in [0, 0.1) is 5.82 Å². The van der Waals surface area contributed by atoms with Gasteiger partial charge in [-0.3, -0.25) is 14.5 Å². The predicted molar refractivity (Wildman–Crippen MR) is 139 cm³/mol. The maximum absolute atomic E-state index is 13.8. The summed E-state index contributed by atoms with van der Waals surface area (Å²) in [4.78, 5) is 30.5. The summed E-state index contributed by atoms with van der Waals surface area (Å²) in [6.45, 7) is 1.94. The molecule has 5 rings (SSSR count). The Morgan fingerprint density at radius 3 is 2.00 bits per heavy atom. The maximum atomic E-state index is 13.8. The molecule has 2 heterocycles. The van der Waals surface area contributed by atoms with Gasteiger partial charge in [0, 0.05) is 24.5 Å². The molecule has 1 N–H and O–H groups in total. The smallest absolute Gasteiger partial charge is 0.300 e. The Morgan fingerprint density at radius 2 is 1.43 bits per heavy atom. The molecule has 0 aromatic heterocycles. The molecule has 2 aliphatic heterocycles. The zero-order valence-electron chi connectivity index (χ0n) is 20.6. The van der Waals surface area contributed by atoms with Gasteiger partial charge in [0.15, 0.2) is 0 Å². The number of rotatable bonds is 6. The molecule has 2 fully saturated rings. The Kier molecular flexibility index (Phi) is 6.56. The molecule has 1 amide bonds. The first kappa shape index (κ1) is 24.4. The van der Waals surface area contributed by atoms with Gasteiger partial charge in [-0.1, -0.05) is 18.2 Å². The van der Waals surface area contributed by atoms with Gasteiger partial charge in [-0.15, -0.1) is 0 Å². The zero-order chi connectivity index (χ0) is 26.1. The highest BCUT2D eigenvalue weighted by molar-refractivity contribution is 6.51. The number of halogens is 1. The number of amides is 1. The van der Waals surface area contributed by atoms with Gasteiger partial charge in [-0.05, 0) is 66.9 Å². The molecule has 0 saturated carbocycles. The van der Waals surface area contributed by atoms with Crippen molar-refractivity contribution in [3.63, 3.8) is 0 Å². The Balaban J connectivity index is 1.68. The fourth-order valence-electron chi connectivity index (χ4n) is 5.08. The number of Topliss-reactive ketones (excluding diaryl/α,β-unsaturated/α-hetero) is 1. The number of benzene rings is 3. The van der Waals surface area contributed by atoms with Crippen LogP contribution in [0.4, 0.5) is 15.8 Å². The van der Waals surface area contributed by atoms with Crippen LogP contribution >= 0.6 is 0 Å². The Hall–Kier alpha value is -4.33. The normalized spacial score (nSPS) is 18.9. The van der Waals surface area contributed by atoms with E-state index in [0.717, 1.165) is 31.6 Å². The molecule has 1 unspecified atom stereocenters. The molecule has 7 nitrogen and oxygen atoms in total. The lowest BCUT2D eigenvalue weighted by Gasteiger charge is -2.26. The molecule has 0 bridgehead atoms. The Morgan fingerprint density at radius 1 is 0.865 bits per heavy atom. The summed E-state index contributed by atoms with van der Waals surface area (Å²) in [5.41, 5.74) is 2.02. The van der Waals surface area contributed by atoms with Crippen molar-refractivity contribution < 1.29 is 28.6 Å². The van der Waals surface area contributed by atoms with E-state index in [-0.39, 0.29) is 22.6 Å². The number of carbonyl (C=O) groups is 2. The quantitative estimate of drug-likeness (QED) is 0.288. The summed E-state index contributed by atoms with van der Waals surface area (Å²) in [5, 5.41) is 11.5. The van der Waals surface area contributed by atoms with E-state index in [1.807, 2.05) is 12.1 Å². The molecular formula is C29H27FN2O5. The summed E-state index contributed by atoms with van der Waals surface area (Å²) >= 11 is 0. The van der Waals surface area contributed by atoms with E-state index in [1.54, 1.807) is 30.3 Å². The van der Waals surface area contributed by atoms with Crippen LogP contribution in [0.2, 0.25) is 0 Å². The summed E-state index contributed by atoms with van der Waals surface area (Å²) in [6.07, 6.45) is 2.26. The van der Waals surface area contributed by atoms with E-state index in [9.17, 15) is 19.1 Å². The SMILES string of the molecule is COc1cccc(OC)c1/C(O)=C1\C(=O)C(=O)N(c2ccc(N3CCCC3)cc2)C1c1ccc(F)cc1. The third-order valence-electron chi connectivity index (χ3n) is 6.89. The van der Waals surface area contributed by atoms with Gasteiger partial charge in [0.25, 0.3) is 11.7 Å². The second-order valence-electron chi connectivity index (χ2n) is 8.97. The first-order valence-corrected chi connectivity index (χ1v) is 12.1. The fourth-order valence-corrected chi connectivity index (χ4v) is 5.08. The lowest BCUT2D eigenvalue weighted by molar-refractivity contribution is -0.132. The topological polar surface area (TPSA) is 79.3 Å². The van der Waals surface area contributed by atoms with E-state index < -0.39 is 29.3 Å². The van der Waals surface area contributed by atoms with Crippen molar-refractivity contribution >= 4 is 28.8 Å². The molecule has 0 radical (unpaired) electrons. The van der Waals surface area contributed by atoms with Gasteiger partial charge in [-0.2, -0.15) is 0 Å². The Bertz CT molecular complexity index is 1340. The van der Waals surface area contributed by atoms with Crippen LogP contribution in [-0.4, -0.2) is 44.1 Å². The van der Waals surface area contributed by atoms with E-state index in [0.29, 0.717) is 11.3 Å².